The van der Waals surface area contributed by atoms with E-state index in [1.54, 1.807) is 6.08 Å². The van der Waals surface area contributed by atoms with Crippen LogP contribution in [0.15, 0.2) is 95.5 Å². The number of carbonyl (C=O) groups is 3. The summed E-state index contributed by atoms with van der Waals surface area (Å²) in [5.41, 5.74) is 6.74. The number of unbranched alkanes of at least 4 members (excludes halogenated alkanes) is 13. The van der Waals surface area contributed by atoms with E-state index >= 15 is 0 Å². The molecule has 3 aromatic carbocycles. The van der Waals surface area contributed by atoms with Gasteiger partial charge in [0.2, 0.25) is 11.7 Å². The van der Waals surface area contributed by atoms with Gasteiger partial charge in [-0.2, -0.15) is 0 Å². The molecule has 5 aromatic rings. The van der Waals surface area contributed by atoms with Gasteiger partial charge in [-0.3, -0.25) is 4.79 Å². The summed E-state index contributed by atoms with van der Waals surface area (Å²) in [4.78, 5) is 43.2. The van der Waals surface area contributed by atoms with Gasteiger partial charge >= 0.3 is 11.9 Å². The van der Waals surface area contributed by atoms with Crippen molar-refractivity contribution < 1.29 is 29.1 Å². The SMILES string of the molecule is CCCCCCCCCCCCCCCCNC(=O)/C=C/c1ccc(-c2[nH]c(-c3ccc(-c4cc(C(=O)O)on4)cc3)nc2-c2ccc(/C=C/C(=O)O)cc2)cc1. The first-order valence-electron chi connectivity index (χ1n) is 20.3. The highest BCUT2D eigenvalue weighted by molar-refractivity contribution is 5.92. The van der Waals surface area contributed by atoms with Gasteiger partial charge in [0.25, 0.3) is 0 Å². The molecule has 0 atom stereocenters. The zero-order valence-corrected chi connectivity index (χ0v) is 32.8. The van der Waals surface area contributed by atoms with Crippen molar-refractivity contribution in [2.45, 2.75) is 96.8 Å². The zero-order valence-electron chi connectivity index (χ0n) is 32.8. The first kappa shape index (κ1) is 42.1. The number of imidazole rings is 1. The maximum absolute atomic E-state index is 12.5. The third kappa shape index (κ3) is 13.6. The predicted octanol–water partition coefficient (Wildman–Crippen LogP) is 11.5. The predicted molar refractivity (Wildman–Crippen MR) is 226 cm³/mol. The van der Waals surface area contributed by atoms with Gasteiger partial charge in [0.15, 0.2) is 0 Å². The average molecular weight is 771 g/mol. The van der Waals surface area contributed by atoms with Crippen LogP contribution >= 0.6 is 0 Å². The van der Waals surface area contributed by atoms with E-state index in [9.17, 15) is 19.5 Å². The van der Waals surface area contributed by atoms with Gasteiger partial charge < -0.3 is 25.0 Å². The molecule has 10 heteroatoms. The number of aromatic carboxylic acids is 1. The van der Waals surface area contributed by atoms with Crippen molar-refractivity contribution in [3.8, 4) is 45.2 Å². The summed E-state index contributed by atoms with van der Waals surface area (Å²) in [6.07, 6.45) is 24.3. The van der Waals surface area contributed by atoms with Crippen LogP contribution in [0.3, 0.4) is 0 Å². The third-order valence-electron chi connectivity index (χ3n) is 9.94. The third-order valence-corrected chi connectivity index (χ3v) is 9.94. The number of nitrogens with zero attached hydrogens (tertiary/aromatic N) is 2. The van der Waals surface area contributed by atoms with Crippen LogP contribution in [0.4, 0.5) is 0 Å². The van der Waals surface area contributed by atoms with Crippen LogP contribution in [0.2, 0.25) is 0 Å². The molecule has 4 N–H and O–H groups in total. The maximum Gasteiger partial charge on any atom is 0.374 e. The number of nitrogens with one attached hydrogen (secondary N) is 2. The van der Waals surface area contributed by atoms with Gasteiger partial charge in [-0.25, -0.2) is 14.6 Å². The van der Waals surface area contributed by atoms with Gasteiger partial charge in [-0.1, -0.05) is 168 Å². The first-order valence-corrected chi connectivity index (χ1v) is 20.3. The fourth-order valence-corrected chi connectivity index (χ4v) is 6.68. The second kappa shape index (κ2) is 22.5. The smallest absolute Gasteiger partial charge is 0.374 e. The highest BCUT2D eigenvalue weighted by Gasteiger charge is 2.17. The van der Waals surface area contributed by atoms with E-state index < -0.39 is 11.9 Å². The molecule has 0 saturated carbocycles. The summed E-state index contributed by atoms with van der Waals surface area (Å²) >= 11 is 0. The number of aromatic amines is 1. The molecule has 0 radical (unpaired) electrons. The van der Waals surface area contributed by atoms with Crippen LogP contribution < -0.4 is 5.32 Å². The highest BCUT2D eigenvalue weighted by atomic mass is 16.5. The van der Waals surface area contributed by atoms with Crippen molar-refractivity contribution in [3.05, 3.63) is 108 Å². The zero-order chi connectivity index (χ0) is 40.2. The summed E-state index contributed by atoms with van der Waals surface area (Å²) in [6.45, 7) is 2.94. The average Bonchev–Trinajstić information content (AvgIpc) is 3.91. The fourth-order valence-electron chi connectivity index (χ4n) is 6.68. The Labute approximate surface area is 335 Å². The molecular weight excluding hydrogens is 717 g/mol. The van der Waals surface area contributed by atoms with E-state index in [1.165, 1.54) is 89.2 Å². The van der Waals surface area contributed by atoms with Crippen molar-refractivity contribution in [1.82, 2.24) is 20.4 Å². The van der Waals surface area contributed by atoms with Crippen LogP contribution in [0.5, 0.6) is 0 Å². The van der Waals surface area contributed by atoms with Crippen LogP contribution in [0.25, 0.3) is 57.3 Å². The molecule has 5 rings (SSSR count). The highest BCUT2D eigenvalue weighted by Crippen LogP contribution is 2.34. The molecule has 10 nitrogen and oxygen atoms in total. The molecule has 0 aliphatic heterocycles. The number of carbonyl (C=O) groups excluding carboxylic acids is 1. The van der Waals surface area contributed by atoms with E-state index in [4.69, 9.17) is 14.6 Å². The number of carboxylic acid groups (broad SMARTS) is 2. The van der Waals surface area contributed by atoms with Crippen LogP contribution in [-0.4, -0.2) is 49.7 Å². The van der Waals surface area contributed by atoms with E-state index in [2.05, 4.69) is 22.4 Å². The van der Waals surface area contributed by atoms with Gasteiger partial charge in [0.05, 0.1) is 11.4 Å². The van der Waals surface area contributed by atoms with Crippen LogP contribution in [0.1, 0.15) is 118 Å². The fraction of sp³-hybridized carbons (Fsp3) is 0.340. The standard InChI is InChI=1S/C47H54N4O6/c1-2-3-4-5-6-7-8-9-10-11-12-13-14-15-32-48-42(52)30-20-34-16-22-37(23-17-34)44-45(38-24-18-35(19-25-38)21-31-43(53)54)50-46(49-44)39-28-26-36(27-29-39)40-33-41(47(55)56)57-51-40/h16-31,33H,2-15,32H2,1H3,(H,48,52)(H,49,50)(H,53,54)(H,55,56)/b30-20+,31-21+. The first-order chi connectivity index (χ1) is 27.8. The number of aromatic nitrogens is 3. The number of aliphatic carboxylic acids is 1. The number of carboxylic acids is 2. The molecule has 0 aliphatic carbocycles. The van der Waals surface area contributed by atoms with E-state index in [0.29, 0.717) is 29.3 Å². The van der Waals surface area contributed by atoms with Gasteiger partial charge in [-0.15, -0.1) is 0 Å². The number of amides is 1. The summed E-state index contributed by atoms with van der Waals surface area (Å²) in [7, 11) is 0. The molecule has 1 amide bonds. The quantitative estimate of drug-likeness (QED) is 0.0356. The van der Waals surface area contributed by atoms with Crippen LogP contribution in [0, 0.1) is 0 Å². The Morgan fingerprint density at radius 3 is 1.70 bits per heavy atom. The number of rotatable bonds is 24. The summed E-state index contributed by atoms with van der Waals surface area (Å²) < 4.78 is 4.91. The number of hydrogen-bond donors (Lipinski definition) is 4. The van der Waals surface area contributed by atoms with Crippen molar-refractivity contribution >= 4 is 30.0 Å². The molecular formula is C47H54N4O6. The van der Waals surface area contributed by atoms with E-state index in [-0.39, 0.29) is 11.7 Å². The minimum atomic E-state index is -1.19. The Balaban J connectivity index is 1.15. The lowest BCUT2D eigenvalue weighted by molar-refractivity contribution is -0.131. The minimum Gasteiger partial charge on any atom is -0.478 e. The topological polar surface area (TPSA) is 158 Å². The molecule has 2 aromatic heterocycles. The Morgan fingerprint density at radius 1 is 0.649 bits per heavy atom. The number of hydrogen-bond acceptors (Lipinski definition) is 6. The number of benzene rings is 3. The van der Waals surface area contributed by atoms with Gasteiger partial charge in [0.1, 0.15) is 11.5 Å². The molecule has 57 heavy (non-hydrogen) atoms. The second-order valence-corrected chi connectivity index (χ2v) is 14.4. The summed E-state index contributed by atoms with van der Waals surface area (Å²) in [6, 6.07) is 24.1. The summed E-state index contributed by atoms with van der Waals surface area (Å²) in [5.74, 6) is -1.93. The molecule has 0 bridgehead atoms. The lowest BCUT2D eigenvalue weighted by atomic mass is 10.0. The maximum atomic E-state index is 12.5. The largest absolute Gasteiger partial charge is 0.478 e. The van der Waals surface area contributed by atoms with Gasteiger partial charge in [-0.05, 0) is 29.7 Å². The molecule has 2 heterocycles. The molecule has 0 spiro atoms. The lowest BCUT2D eigenvalue weighted by Crippen LogP contribution is -2.21. The van der Waals surface area contributed by atoms with Crippen molar-refractivity contribution in [3.63, 3.8) is 0 Å². The van der Waals surface area contributed by atoms with Crippen molar-refractivity contribution in [1.29, 1.82) is 0 Å². The Morgan fingerprint density at radius 2 is 1.16 bits per heavy atom. The Kier molecular flexibility index (Phi) is 16.6. The summed E-state index contributed by atoms with van der Waals surface area (Å²) in [5, 5.41) is 25.1. The molecule has 0 saturated heterocycles. The molecule has 0 aliphatic rings. The molecule has 0 unspecified atom stereocenters. The second-order valence-electron chi connectivity index (χ2n) is 14.4. The van der Waals surface area contributed by atoms with Crippen molar-refractivity contribution in [2.24, 2.45) is 0 Å². The minimum absolute atomic E-state index is 0.104. The van der Waals surface area contributed by atoms with Crippen LogP contribution in [-0.2, 0) is 9.59 Å². The normalized spacial score (nSPS) is 11.5. The monoisotopic (exact) mass is 770 g/mol. The Bertz CT molecular complexity index is 2080. The van der Waals surface area contributed by atoms with E-state index in [0.717, 1.165) is 52.4 Å². The molecule has 298 valence electrons. The lowest BCUT2D eigenvalue weighted by Gasteiger charge is -2.05. The molecule has 0 fully saturated rings. The van der Waals surface area contributed by atoms with E-state index in [1.807, 2.05) is 78.9 Å². The Hall–Kier alpha value is -6.03. The van der Waals surface area contributed by atoms with Crippen molar-refractivity contribution in [2.75, 3.05) is 6.54 Å². The van der Waals surface area contributed by atoms with Gasteiger partial charge in [0, 0.05) is 47.0 Å². The number of H-pyrrole nitrogens is 1.